The summed E-state index contributed by atoms with van der Waals surface area (Å²) in [7, 11) is 0. The molecule has 1 heterocycles. The molecule has 2 N–H and O–H groups in total. The van der Waals surface area contributed by atoms with Crippen molar-refractivity contribution in [3.05, 3.63) is 47.7 Å². The van der Waals surface area contributed by atoms with Crippen LogP contribution in [0.1, 0.15) is 11.1 Å². The van der Waals surface area contributed by atoms with Gasteiger partial charge in [-0.05, 0) is 36.2 Å². The SMILES string of the molecule is Cc1ccnc(N)c1-c1ccc(C(F)(F)F)cc1. The van der Waals surface area contributed by atoms with Gasteiger partial charge < -0.3 is 5.73 Å². The van der Waals surface area contributed by atoms with E-state index in [9.17, 15) is 13.2 Å². The fourth-order valence-electron chi connectivity index (χ4n) is 1.78. The largest absolute Gasteiger partial charge is 0.416 e. The van der Waals surface area contributed by atoms with E-state index in [1.165, 1.54) is 12.1 Å². The van der Waals surface area contributed by atoms with E-state index < -0.39 is 11.7 Å². The lowest BCUT2D eigenvalue weighted by molar-refractivity contribution is -0.137. The number of hydrogen-bond acceptors (Lipinski definition) is 2. The molecule has 0 radical (unpaired) electrons. The Balaban J connectivity index is 2.47. The average Bonchev–Trinajstić information content (AvgIpc) is 2.28. The fraction of sp³-hybridized carbons (Fsp3) is 0.154. The number of nitrogens with zero attached hydrogens (tertiary/aromatic N) is 1. The van der Waals surface area contributed by atoms with Crippen molar-refractivity contribution in [2.24, 2.45) is 0 Å². The predicted octanol–water partition coefficient (Wildman–Crippen LogP) is 3.66. The third-order valence-electron chi connectivity index (χ3n) is 2.69. The first-order valence-electron chi connectivity index (χ1n) is 5.28. The van der Waals surface area contributed by atoms with Crippen molar-refractivity contribution in [2.75, 3.05) is 5.73 Å². The van der Waals surface area contributed by atoms with E-state index in [4.69, 9.17) is 5.73 Å². The summed E-state index contributed by atoms with van der Waals surface area (Å²) < 4.78 is 37.3. The molecule has 1 aromatic carbocycles. The quantitative estimate of drug-likeness (QED) is 0.841. The van der Waals surface area contributed by atoms with Crippen molar-refractivity contribution < 1.29 is 13.2 Å². The molecule has 0 spiro atoms. The number of nitrogen functional groups attached to an aromatic ring is 1. The molecular weight excluding hydrogens is 241 g/mol. The van der Waals surface area contributed by atoms with Gasteiger partial charge in [-0.25, -0.2) is 4.98 Å². The summed E-state index contributed by atoms with van der Waals surface area (Å²) in [6, 6.07) is 6.66. The molecule has 0 saturated carbocycles. The first-order valence-corrected chi connectivity index (χ1v) is 5.28. The van der Waals surface area contributed by atoms with Gasteiger partial charge in [0.25, 0.3) is 0 Å². The molecule has 1 aromatic heterocycles. The third kappa shape index (κ3) is 2.30. The van der Waals surface area contributed by atoms with Gasteiger partial charge in [0.05, 0.1) is 5.56 Å². The summed E-state index contributed by atoms with van der Waals surface area (Å²) >= 11 is 0. The summed E-state index contributed by atoms with van der Waals surface area (Å²) in [5.74, 6) is 0.315. The maximum atomic E-state index is 12.4. The lowest BCUT2D eigenvalue weighted by Gasteiger charge is -2.10. The van der Waals surface area contributed by atoms with Gasteiger partial charge >= 0.3 is 6.18 Å². The van der Waals surface area contributed by atoms with Gasteiger partial charge in [-0.2, -0.15) is 13.2 Å². The van der Waals surface area contributed by atoms with E-state index in [-0.39, 0.29) is 0 Å². The van der Waals surface area contributed by atoms with Crippen LogP contribution in [0.3, 0.4) is 0 Å². The highest BCUT2D eigenvalue weighted by Gasteiger charge is 2.30. The monoisotopic (exact) mass is 252 g/mol. The number of hydrogen-bond donors (Lipinski definition) is 1. The summed E-state index contributed by atoms with van der Waals surface area (Å²) in [6.07, 6.45) is -2.76. The summed E-state index contributed by atoms with van der Waals surface area (Å²) in [5, 5.41) is 0. The number of rotatable bonds is 1. The molecule has 18 heavy (non-hydrogen) atoms. The first-order chi connectivity index (χ1) is 8.39. The molecule has 0 atom stereocenters. The normalized spacial score (nSPS) is 11.6. The highest BCUT2D eigenvalue weighted by molar-refractivity contribution is 5.76. The fourth-order valence-corrected chi connectivity index (χ4v) is 1.78. The number of pyridine rings is 1. The zero-order chi connectivity index (χ0) is 13.3. The predicted molar refractivity (Wildman–Crippen MR) is 63.8 cm³/mol. The molecule has 0 aliphatic rings. The van der Waals surface area contributed by atoms with E-state index >= 15 is 0 Å². The van der Waals surface area contributed by atoms with Gasteiger partial charge in [0.1, 0.15) is 5.82 Å². The lowest BCUT2D eigenvalue weighted by Crippen LogP contribution is -2.04. The Labute approximate surface area is 102 Å². The topological polar surface area (TPSA) is 38.9 Å². The molecule has 2 nitrogen and oxygen atoms in total. The molecule has 5 heteroatoms. The van der Waals surface area contributed by atoms with Crippen molar-refractivity contribution in [2.45, 2.75) is 13.1 Å². The number of halogens is 3. The summed E-state index contributed by atoms with van der Waals surface area (Å²) in [6.45, 7) is 1.84. The molecule has 0 fully saturated rings. The maximum absolute atomic E-state index is 12.4. The maximum Gasteiger partial charge on any atom is 0.416 e. The second-order valence-corrected chi connectivity index (χ2v) is 3.96. The van der Waals surface area contributed by atoms with Gasteiger partial charge in [-0.1, -0.05) is 12.1 Å². The minimum Gasteiger partial charge on any atom is -0.383 e. The Kier molecular flexibility index (Phi) is 2.98. The van der Waals surface area contributed by atoms with Crippen LogP contribution in [-0.4, -0.2) is 4.98 Å². The van der Waals surface area contributed by atoms with Crippen LogP contribution in [0.5, 0.6) is 0 Å². The van der Waals surface area contributed by atoms with Crippen LogP contribution in [0, 0.1) is 6.92 Å². The van der Waals surface area contributed by atoms with Crippen LogP contribution in [0.4, 0.5) is 19.0 Å². The highest BCUT2D eigenvalue weighted by Crippen LogP contribution is 2.33. The second-order valence-electron chi connectivity index (χ2n) is 3.96. The van der Waals surface area contributed by atoms with Gasteiger partial charge in [0.2, 0.25) is 0 Å². The lowest BCUT2D eigenvalue weighted by atomic mass is 10.0. The molecule has 0 amide bonds. The molecule has 0 saturated heterocycles. The number of alkyl halides is 3. The van der Waals surface area contributed by atoms with Gasteiger partial charge in [0, 0.05) is 11.8 Å². The van der Waals surface area contributed by atoms with Crippen molar-refractivity contribution in [3.8, 4) is 11.1 Å². The van der Waals surface area contributed by atoms with Gasteiger partial charge in [-0.3, -0.25) is 0 Å². The number of aromatic nitrogens is 1. The summed E-state index contributed by atoms with van der Waals surface area (Å²) in [4.78, 5) is 3.94. The van der Waals surface area contributed by atoms with Crippen molar-refractivity contribution >= 4 is 5.82 Å². The Bertz CT molecular complexity index is 539. The summed E-state index contributed by atoms with van der Waals surface area (Å²) in [5.41, 5.74) is 7.25. The van der Waals surface area contributed by atoms with E-state index in [2.05, 4.69) is 4.98 Å². The molecule has 0 aliphatic heterocycles. The van der Waals surface area contributed by atoms with Crippen LogP contribution in [0.25, 0.3) is 11.1 Å². The molecule has 2 aromatic rings. The Hall–Kier alpha value is -2.04. The molecular formula is C13H11F3N2. The number of aryl methyl sites for hydroxylation is 1. The average molecular weight is 252 g/mol. The van der Waals surface area contributed by atoms with Crippen LogP contribution in [-0.2, 0) is 6.18 Å². The smallest absolute Gasteiger partial charge is 0.383 e. The molecule has 94 valence electrons. The minimum atomic E-state index is -4.33. The standard InChI is InChI=1S/C13H11F3N2/c1-8-6-7-18-12(17)11(8)9-2-4-10(5-3-9)13(14,15)16/h2-7H,1H3,(H2,17,18). The number of anilines is 1. The Morgan fingerprint density at radius 2 is 1.67 bits per heavy atom. The first kappa shape index (κ1) is 12.4. The van der Waals surface area contributed by atoms with E-state index in [1.807, 2.05) is 6.92 Å². The second kappa shape index (κ2) is 4.33. The van der Waals surface area contributed by atoms with E-state index in [0.717, 1.165) is 17.7 Å². The third-order valence-corrected chi connectivity index (χ3v) is 2.69. The van der Waals surface area contributed by atoms with Crippen LogP contribution in [0.15, 0.2) is 36.5 Å². The molecule has 0 aliphatic carbocycles. The highest BCUT2D eigenvalue weighted by atomic mass is 19.4. The van der Waals surface area contributed by atoms with Gasteiger partial charge in [0.15, 0.2) is 0 Å². The number of benzene rings is 1. The molecule has 2 rings (SSSR count). The van der Waals surface area contributed by atoms with Gasteiger partial charge in [-0.15, -0.1) is 0 Å². The van der Waals surface area contributed by atoms with E-state index in [0.29, 0.717) is 16.9 Å². The minimum absolute atomic E-state index is 0.315. The number of nitrogens with two attached hydrogens (primary N) is 1. The Morgan fingerprint density at radius 3 is 2.17 bits per heavy atom. The van der Waals surface area contributed by atoms with Crippen molar-refractivity contribution in [1.29, 1.82) is 0 Å². The molecule has 0 unspecified atom stereocenters. The van der Waals surface area contributed by atoms with Crippen molar-refractivity contribution in [1.82, 2.24) is 4.98 Å². The van der Waals surface area contributed by atoms with Crippen LogP contribution in [0.2, 0.25) is 0 Å². The molecule has 0 bridgehead atoms. The van der Waals surface area contributed by atoms with Crippen molar-refractivity contribution in [3.63, 3.8) is 0 Å². The Morgan fingerprint density at radius 1 is 1.06 bits per heavy atom. The van der Waals surface area contributed by atoms with E-state index in [1.54, 1.807) is 12.3 Å². The zero-order valence-corrected chi connectivity index (χ0v) is 9.62. The zero-order valence-electron chi connectivity index (χ0n) is 9.62. The van der Waals surface area contributed by atoms with Crippen LogP contribution >= 0.6 is 0 Å². The van der Waals surface area contributed by atoms with Crippen LogP contribution < -0.4 is 5.73 Å².